The Bertz CT molecular complexity index is 3020. The van der Waals surface area contributed by atoms with Gasteiger partial charge in [-0.05, 0) is 72.5 Å². The molecule has 69 heavy (non-hydrogen) atoms. The van der Waals surface area contributed by atoms with Gasteiger partial charge < -0.3 is 21.3 Å². The highest BCUT2D eigenvalue weighted by atomic mass is 32.1. The van der Waals surface area contributed by atoms with E-state index in [2.05, 4.69) is 200 Å². The Morgan fingerprint density at radius 2 is 0.884 bits per heavy atom. The summed E-state index contributed by atoms with van der Waals surface area (Å²) in [4.78, 5) is 27.7. The highest BCUT2D eigenvalue weighted by Gasteiger charge is 2.21. The third-order valence-corrected chi connectivity index (χ3v) is 13.8. The summed E-state index contributed by atoms with van der Waals surface area (Å²) in [6, 6.07) is 44.4. The van der Waals surface area contributed by atoms with Gasteiger partial charge in [0.1, 0.15) is 5.69 Å². The van der Waals surface area contributed by atoms with Crippen LogP contribution in [-0.2, 0) is 0 Å². The zero-order valence-corrected chi connectivity index (χ0v) is 43.7. The van der Waals surface area contributed by atoms with Crippen molar-refractivity contribution < 1.29 is 4.79 Å². The Hall–Kier alpha value is -6.02. The van der Waals surface area contributed by atoms with E-state index in [-0.39, 0.29) is 11.8 Å². The molecule has 0 aliphatic heterocycles. The Morgan fingerprint density at radius 3 is 1.30 bits per heavy atom. The molecule has 3 aromatic heterocycles. The van der Waals surface area contributed by atoms with Crippen molar-refractivity contribution in [3.05, 3.63) is 161 Å². The van der Waals surface area contributed by atoms with Crippen molar-refractivity contribution in [1.29, 1.82) is 0 Å². The van der Waals surface area contributed by atoms with Crippen molar-refractivity contribution in [2.75, 3.05) is 35.6 Å². The van der Waals surface area contributed by atoms with Crippen molar-refractivity contribution in [3.8, 4) is 0 Å². The predicted molar refractivity (Wildman–Crippen MR) is 299 cm³/mol. The van der Waals surface area contributed by atoms with E-state index in [1.807, 2.05) is 24.3 Å². The highest BCUT2D eigenvalue weighted by Crippen LogP contribution is 2.33. The average molecular weight is 975 g/mol. The minimum atomic E-state index is -0.0118. The number of benzene rings is 6. The fourth-order valence-corrected chi connectivity index (χ4v) is 10.3. The second kappa shape index (κ2) is 24.5. The summed E-state index contributed by atoms with van der Waals surface area (Å²) in [6.07, 6.45) is 0. The van der Waals surface area contributed by atoms with Crippen LogP contribution in [0.25, 0.3) is 32.3 Å². The molecule has 358 valence electrons. The number of hydrogen-bond donors (Lipinski definition) is 4. The molecule has 9 aromatic rings. The third kappa shape index (κ3) is 14.3. The summed E-state index contributed by atoms with van der Waals surface area (Å²) >= 11 is 4.78. The van der Waals surface area contributed by atoms with Gasteiger partial charge in [0, 0.05) is 75.4 Å². The van der Waals surface area contributed by atoms with Gasteiger partial charge in [0.15, 0.2) is 21.2 Å². The van der Waals surface area contributed by atoms with Gasteiger partial charge in [0.2, 0.25) is 0 Å². The number of nitrogens with zero attached hydrogens (tertiary/aromatic N) is 4. The van der Waals surface area contributed by atoms with Crippen LogP contribution in [0.5, 0.6) is 0 Å². The molecule has 0 saturated heterocycles. The van der Waals surface area contributed by atoms with E-state index in [1.165, 1.54) is 45.2 Å². The van der Waals surface area contributed by atoms with Gasteiger partial charge in [0.05, 0.1) is 17.4 Å². The number of carbonyl (C=O) groups excluding carboxylic acids is 1. The highest BCUT2D eigenvalue weighted by molar-refractivity contribution is 7.14. The van der Waals surface area contributed by atoms with Gasteiger partial charge in [0.25, 0.3) is 0 Å². The second-order valence-electron chi connectivity index (χ2n) is 18.6. The molecule has 0 radical (unpaired) electrons. The molecule has 0 fully saturated rings. The summed E-state index contributed by atoms with van der Waals surface area (Å²) in [5.41, 5.74) is 5.98. The molecule has 9 rings (SSSR count). The molecule has 0 aliphatic carbocycles. The van der Waals surface area contributed by atoms with Crippen molar-refractivity contribution >= 4 is 105 Å². The van der Waals surface area contributed by atoms with Gasteiger partial charge in [-0.15, -0.1) is 34.0 Å². The summed E-state index contributed by atoms with van der Waals surface area (Å²) in [7, 11) is 0. The summed E-state index contributed by atoms with van der Waals surface area (Å²) in [5.74, 6) is 1.93. The van der Waals surface area contributed by atoms with E-state index >= 15 is 0 Å². The first-order valence-corrected chi connectivity index (χ1v) is 26.5. The van der Waals surface area contributed by atoms with Crippen molar-refractivity contribution in [1.82, 2.24) is 25.2 Å². The second-order valence-corrected chi connectivity index (χ2v) is 21.2. The lowest BCUT2D eigenvalue weighted by atomic mass is 10.1. The number of carbonyl (C=O) groups is 1. The number of thiazole rings is 3. The number of nitrogens with one attached hydrogen (secondary N) is 4. The van der Waals surface area contributed by atoms with Crippen LogP contribution >= 0.6 is 34.0 Å². The van der Waals surface area contributed by atoms with Crippen LogP contribution in [0.1, 0.15) is 96.3 Å². The lowest BCUT2D eigenvalue weighted by Crippen LogP contribution is -2.34. The van der Waals surface area contributed by atoms with Crippen LogP contribution in [-0.4, -0.2) is 45.3 Å². The minimum absolute atomic E-state index is 0.0118. The van der Waals surface area contributed by atoms with E-state index in [0.29, 0.717) is 29.5 Å². The van der Waals surface area contributed by atoms with Crippen molar-refractivity contribution in [2.24, 2.45) is 17.8 Å². The lowest BCUT2D eigenvalue weighted by Gasteiger charge is -2.31. The first kappa shape index (κ1) is 50.8. The molecule has 4 N–H and O–H groups in total. The van der Waals surface area contributed by atoms with Gasteiger partial charge in [-0.1, -0.05) is 151 Å². The minimum Gasteiger partial charge on any atom is -0.331 e. The smallest absolute Gasteiger partial charge is 0.187 e. The number of ketones is 1. The summed E-state index contributed by atoms with van der Waals surface area (Å²) in [5, 5.41) is 29.8. The molecular formula is C57H66N8OS3. The van der Waals surface area contributed by atoms with Gasteiger partial charge in [-0.3, -0.25) is 9.69 Å². The zero-order valence-electron chi connectivity index (χ0n) is 41.3. The van der Waals surface area contributed by atoms with E-state index in [1.54, 1.807) is 28.1 Å². The first-order chi connectivity index (χ1) is 33.3. The molecule has 3 heterocycles. The van der Waals surface area contributed by atoms with E-state index < -0.39 is 0 Å². The van der Waals surface area contributed by atoms with Gasteiger partial charge >= 0.3 is 0 Å². The summed E-state index contributed by atoms with van der Waals surface area (Å²) < 4.78 is 0. The molecule has 0 bridgehead atoms. The number of anilines is 6. The Morgan fingerprint density at radius 1 is 0.493 bits per heavy atom. The summed E-state index contributed by atoms with van der Waals surface area (Å²) in [6.45, 7) is 22.8. The topological polar surface area (TPSA) is 107 Å². The fourth-order valence-electron chi connectivity index (χ4n) is 7.95. The maximum Gasteiger partial charge on any atom is 0.187 e. The van der Waals surface area contributed by atoms with E-state index in [4.69, 9.17) is 9.97 Å². The molecule has 0 spiro atoms. The van der Waals surface area contributed by atoms with Gasteiger partial charge in [-0.2, -0.15) is 0 Å². The quantitative estimate of drug-likeness (QED) is 0.0664. The average Bonchev–Trinajstić information content (AvgIpc) is 4.14. The normalized spacial score (nSPS) is 12.2. The maximum absolute atomic E-state index is 11.2. The molecule has 2 unspecified atom stereocenters. The van der Waals surface area contributed by atoms with Crippen molar-refractivity contribution in [3.63, 3.8) is 0 Å². The van der Waals surface area contributed by atoms with E-state index in [9.17, 15) is 4.79 Å². The standard InChI is InChI=1S/C23H31N3S.C19H23N3S.C15H12N2OS/c1-16(2)13-26(14-17(3)4)18(5)22-15-27-23(25-22)24-21-12-8-10-19-9-6-7-11-20(19)21;1-13(2)11-20-14(3)18-12-23-19(22-18)21-17-10-6-8-15-7-4-5-9-16(15)17;1-10(18)14-9-19-15(17-14)16-13-8-4-6-11-5-2-3-7-12(11)13/h6-12,15-18H,13-14H2,1-5H3,(H,24,25);4-10,12-14,20H,11H2,1-3H3,(H,21,22);2-9H,1H3,(H,16,17). The monoisotopic (exact) mass is 974 g/mol. The van der Waals surface area contributed by atoms with Crippen LogP contribution in [0.4, 0.5) is 32.5 Å². The molecule has 0 amide bonds. The number of hydrogen-bond acceptors (Lipinski definition) is 12. The molecule has 6 aromatic carbocycles. The maximum atomic E-state index is 11.2. The fraction of sp³-hybridized carbons (Fsp3) is 0.298. The lowest BCUT2D eigenvalue weighted by molar-refractivity contribution is 0.101. The Kier molecular flexibility index (Phi) is 18.1. The van der Waals surface area contributed by atoms with E-state index in [0.717, 1.165) is 68.9 Å². The molecule has 0 saturated carbocycles. The molecular weight excluding hydrogens is 909 g/mol. The molecule has 0 aliphatic rings. The SMILES string of the molecule is CC(=O)c1csc(Nc2cccc3ccccc23)n1.CC(C)CN(CC(C)C)C(C)c1csc(Nc2cccc3ccccc23)n1.CC(C)CNC(C)c1csc(Nc2cccc3ccccc23)n1. The Labute approximate surface area is 420 Å². The molecule has 12 heteroatoms. The first-order valence-electron chi connectivity index (χ1n) is 23.9. The largest absolute Gasteiger partial charge is 0.331 e. The number of aromatic nitrogens is 3. The van der Waals surface area contributed by atoms with Crippen LogP contribution in [0.2, 0.25) is 0 Å². The third-order valence-electron chi connectivity index (χ3n) is 11.5. The van der Waals surface area contributed by atoms with Crippen LogP contribution in [0.3, 0.4) is 0 Å². The van der Waals surface area contributed by atoms with Crippen LogP contribution in [0.15, 0.2) is 144 Å². The Balaban J connectivity index is 0.000000155. The molecule has 2 atom stereocenters. The van der Waals surface area contributed by atoms with Gasteiger partial charge in [-0.25, -0.2) is 15.0 Å². The number of Topliss-reactive ketones (excluding diaryl/α,β-unsaturated/α-hetero) is 1. The molecule has 9 nitrogen and oxygen atoms in total. The predicted octanol–water partition coefficient (Wildman–Crippen LogP) is 16.3. The zero-order chi connectivity index (χ0) is 48.9. The van der Waals surface area contributed by atoms with Crippen molar-refractivity contribution in [2.45, 2.75) is 74.4 Å². The number of rotatable bonds is 17. The van der Waals surface area contributed by atoms with Crippen LogP contribution < -0.4 is 21.3 Å². The van der Waals surface area contributed by atoms with Crippen LogP contribution in [0, 0.1) is 17.8 Å². The number of fused-ring (bicyclic) bond motifs is 3.